The summed E-state index contributed by atoms with van der Waals surface area (Å²) in [7, 11) is 2.08. The molecular weight excluding hydrogens is 336 g/mol. The maximum atomic E-state index is 11.8. The zero-order chi connectivity index (χ0) is 18.1. The van der Waals surface area contributed by atoms with Crippen molar-refractivity contribution in [3.63, 3.8) is 0 Å². The van der Waals surface area contributed by atoms with Gasteiger partial charge in [0.2, 0.25) is 0 Å². The Kier molecular flexibility index (Phi) is 7.76. The van der Waals surface area contributed by atoms with E-state index in [-0.39, 0.29) is 12.5 Å². The minimum absolute atomic E-state index is 0.0148. The van der Waals surface area contributed by atoms with Crippen LogP contribution in [-0.4, -0.2) is 37.6 Å². The van der Waals surface area contributed by atoms with Gasteiger partial charge in [-0.3, -0.25) is 4.79 Å². The minimum atomic E-state index is -0.113. The number of rotatable bonds is 9. The van der Waals surface area contributed by atoms with Crippen molar-refractivity contribution in [2.75, 3.05) is 26.7 Å². The van der Waals surface area contributed by atoms with E-state index in [1.54, 1.807) is 12.1 Å². The van der Waals surface area contributed by atoms with Crippen molar-refractivity contribution in [2.24, 2.45) is 0 Å². The van der Waals surface area contributed by atoms with E-state index in [2.05, 4.69) is 29.4 Å². The molecule has 0 aliphatic carbocycles. The highest BCUT2D eigenvalue weighted by Gasteiger charge is 2.05. The molecule has 25 heavy (non-hydrogen) atoms. The summed E-state index contributed by atoms with van der Waals surface area (Å²) in [4.78, 5) is 14.1. The quantitative estimate of drug-likeness (QED) is 0.694. The van der Waals surface area contributed by atoms with Crippen LogP contribution in [0.1, 0.15) is 17.5 Å². The molecule has 4 nitrogen and oxygen atoms in total. The van der Waals surface area contributed by atoms with Gasteiger partial charge in [-0.05, 0) is 56.3 Å². The Morgan fingerprint density at radius 2 is 1.96 bits per heavy atom. The number of hydrogen-bond donors (Lipinski definition) is 1. The first-order valence-corrected chi connectivity index (χ1v) is 8.80. The van der Waals surface area contributed by atoms with Crippen LogP contribution in [-0.2, 0) is 11.3 Å². The summed E-state index contributed by atoms with van der Waals surface area (Å²) in [5, 5.41) is 3.57. The standard InChI is InChI=1S/C20H25ClN2O2/c1-16-13-18(9-10-19(16)21)25-15-20(24)22-11-6-12-23(2)14-17-7-4-3-5-8-17/h3-5,7-10,13H,6,11-12,14-15H2,1-2H3,(H,22,24). The first-order chi connectivity index (χ1) is 12.0. The zero-order valence-electron chi connectivity index (χ0n) is 14.8. The van der Waals surface area contributed by atoms with Gasteiger partial charge in [0.15, 0.2) is 6.61 Å². The van der Waals surface area contributed by atoms with Crippen molar-refractivity contribution in [1.29, 1.82) is 0 Å². The molecule has 1 amide bonds. The molecule has 2 rings (SSSR count). The Balaban J connectivity index is 1.59. The van der Waals surface area contributed by atoms with E-state index in [0.29, 0.717) is 17.3 Å². The Hall–Kier alpha value is -2.04. The van der Waals surface area contributed by atoms with E-state index in [4.69, 9.17) is 16.3 Å². The van der Waals surface area contributed by atoms with Crippen LogP contribution in [0.2, 0.25) is 5.02 Å². The van der Waals surface area contributed by atoms with Crippen LogP contribution in [0.15, 0.2) is 48.5 Å². The predicted molar refractivity (Wildman–Crippen MR) is 102 cm³/mol. The van der Waals surface area contributed by atoms with Crippen LogP contribution >= 0.6 is 11.6 Å². The summed E-state index contributed by atoms with van der Waals surface area (Å²) < 4.78 is 5.48. The fourth-order valence-corrected chi connectivity index (χ4v) is 2.58. The lowest BCUT2D eigenvalue weighted by Gasteiger charge is -2.16. The summed E-state index contributed by atoms with van der Waals surface area (Å²) in [5.41, 5.74) is 2.22. The molecule has 0 spiro atoms. The van der Waals surface area contributed by atoms with Gasteiger partial charge in [0, 0.05) is 18.1 Å². The first-order valence-electron chi connectivity index (χ1n) is 8.42. The number of carbonyl (C=O) groups is 1. The predicted octanol–water partition coefficient (Wildman–Crippen LogP) is 3.67. The topological polar surface area (TPSA) is 41.6 Å². The number of carbonyl (C=O) groups excluding carboxylic acids is 1. The second-order valence-corrected chi connectivity index (χ2v) is 6.53. The molecule has 0 aromatic heterocycles. The summed E-state index contributed by atoms with van der Waals surface area (Å²) in [6.07, 6.45) is 0.898. The maximum absolute atomic E-state index is 11.8. The van der Waals surface area contributed by atoms with Crippen molar-refractivity contribution in [2.45, 2.75) is 19.9 Å². The van der Waals surface area contributed by atoms with Gasteiger partial charge in [0.1, 0.15) is 5.75 Å². The van der Waals surface area contributed by atoms with Gasteiger partial charge in [-0.2, -0.15) is 0 Å². The summed E-state index contributed by atoms with van der Waals surface area (Å²) in [6.45, 7) is 4.39. The van der Waals surface area contributed by atoms with Gasteiger partial charge in [0.25, 0.3) is 5.91 Å². The molecule has 0 bridgehead atoms. The molecule has 0 heterocycles. The molecule has 0 aliphatic heterocycles. The van der Waals surface area contributed by atoms with Crippen molar-refractivity contribution in [1.82, 2.24) is 10.2 Å². The molecule has 2 aromatic carbocycles. The fraction of sp³-hybridized carbons (Fsp3) is 0.350. The third-order valence-electron chi connectivity index (χ3n) is 3.83. The van der Waals surface area contributed by atoms with Crippen LogP contribution in [0, 0.1) is 6.92 Å². The van der Waals surface area contributed by atoms with E-state index < -0.39 is 0 Å². The number of hydrogen-bond acceptors (Lipinski definition) is 3. The lowest BCUT2D eigenvalue weighted by Crippen LogP contribution is -2.31. The molecule has 0 saturated heterocycles. The average molecular weight is 361 g/mol. The molecule has 2 aromatic rings. The highest BCUT2D eigenvalue weighted by molar-refractivity contribution is 6.31. The molecular formula is C20H25ClN2O2. The fourth-order valence-electron chi connectivity index (χ4n) is 2.46. The Labute approximate surface area is 154 Å². The molecule has 0 saturated carbocycles. The van der Waals surface area contributed by atoms with Crippen LogP contribution in [0.25, 0.3) is 0 Å². The molecule has 134 valence electrons. The highest BCUT2D eigenvalue weighted by atomic mass is 35.5. The van der Waals surface area contributed by atoms with Crippen LogP contribution in [0.5, 0.6) is 5.75 Å². The van der Waals surface area contributed by atoms with Gasteiger partial charge in [-0.15, -0.1) is 0 Å². The molecule has 0 aliphatic rings. The Morgan fingerprint density at radius 1 is 1.20 bits per heavy atom. The van der Waals surface area contributed by atoms with E-state index in [1.807, 2.05) is 31.2 Å². The third-order valence-corrected chi connectivity index (χ3v) is 4.26. The zero-order valence-corrected chi connectivity index (χ0v) is 15.6. The van der Waals surface area contributed by atoms with Crippen molar-refractivity contribution in [3.05, 3.63) is 64.7 Å². The van der Waals surface area contributed by atoms with Crippen molar-refractivity contribution in [3.8, 4) is 5.75 Å². The number of benzene rings is 2. The number of halogens is 1. The number of nitrogens with zero attached hydrogens (tertiary/aromatic N) is 1. The Bertz CT molecular complexity index is 677. The van der Waals surface area contributed by atoms with Gasteiger partial charge in [-0.25, -0.2) is 0 Å². The summed E-state index contributed by atoms with van der Waals surface area (Å²) in [6, 6.07) is 15.7. The lowest BCUT2D eigenvalue weighted by molar-refractivity contribution is -0.123. The van der Waals surface area contributed by atoms with Gasteiger partial charge >= 0.3 is 0 Å². The summed E-state index contributed by atoms with van der Waals surface area (Å²) in [5.74, 6) is 0.540. The third kappa shape index (κ3) is 7.16. The molecule has 0 unspecified atom stereocenters. The summed E-state index contributed by atoms with van der Waals surface area (Å²) >= 11 is 5.97. The van der Waals surface area contributed by atoms with E-state index in [1.165, 1.54) is 5.56 Å². The number of nitrogens with one attached hydrogen (secondary N) is 1. The van der Waals surface area contributed by atoms with Crippen molar-refractivity contribution < 1.29 is 9.53 Å². The monoisotopic (exact) mass is 360 g/mol. The second-order valence-electron chi connectivity index (χ2n) is 6.13. The second kappa shape index (κ2) is 10.1. The van der Waals surface area contributed by atoms with Crippen LogP contribution < -0.4 is 10.1 Å². The van der Waals surface area contributed by atoms with Crippen molar-refractivity contribution >= 4 is 17.5 Å². The first kappa shape index (κ1) is 19.3. The average Bonchev–Trinajstić information content (AvgIpc) is 2.60. The number of amides is 1. The van der Waals surface area contributed by atoms with Gasteiger partial charge < -0.3 is 15.0 Å². The Morgan fingerprint density at radius 3 is 2.68 bits per heavy atom. The molecule has 0 radical (unpaired) electrons. The largest absolute Gasteiger partial charge is 0.484 e. The lowest BCUT2D eigenvalue weighted by atomic mass is 10.2. The SMILES string of the molecule is Cc1cc(OCC(=O)NCCCN(C)Cc2ccccc2)ccc1Cl. The van der Waals surface area contributed by atoms with E-state index in [9.17, 15) is 4.79 Å². The van der Waals surface area contributed by atoms with Crippen LogP contribution in [0.3, 0.4) is 0 Å². The van der Waals surface area contributed by atoms with E-state index in [0.717, 1.165) is 25.1 Å². The highest BCUT2D eigenvalue weighted by Crippen LogP contribution is 2.20. The normalized spacial score (nSPS) is 10.7. The van der Waals surface area contributed by atoms with Gasteiger partial charge in [0.05, 0.1) is 0 Å². The van der Waals surface area contributed by atoms with Gasteiger partial charge in [-0.1, -0.05) is 41.9 Å². The number of ether oxygens (including phenoxy) is 1. The maximum Gasteiger partial charge on any atom is 0.257 e. The minimum Gasteiger partial charge on any atom is -0.484 e. The smallest absolute Gasteiger partial charge is 0.257 e. The van der Waals surface area contributed by atoms with Crippen LogP contribution in [0.4, 0.5) is 0 Å². The molecule has 0 atom stereocenters. The molecule has 0 fully saturated rings. The van der Waals surface area contributed by atoms with E-state index >= 15 is 0 Å². The number of aryl methyl sites for hydroxylation is 1. The molecule has 1 N–H and O–H groups in total. The molecule has 5 heteroatoms.